The van der Waals surface area contributed by atoms with E-state index in [2.05, 4.69) is 15.4 Å². The number of nitrogens with one attached hydrogen (secondary N) is 1. The van der Waals surface area contributed by atoms with E-state index in [9.17, 15) is 24.9 Å². The second-order valence-corrected chi connectivity index (χ2v) is 7.64. The van der Waals surface area contributed by atoms with Gasteiger partial charge in [-0.1, -0.05) is 12.1 Å². The molecular formula is C23H23N5O5. The number of fused-ring (bicyclic) bond motifs is 1. The van der Waals surface area contributed by atoms with Gasteiger partial charge in [0.25, 0.3) is 5.56 Å². The van der Waals surface area contributed by atoms with E-state index < -0.39 is 17.4 Å². The SMILES string of the molecule is Cn1nccc1[C@H](CC(=O)NCCc1ccc(O)c(O)c1)c1c(O)nc2ccccn2c1=O. The van der Waals surface area contributed by atoms with Crippen molar-refractivity contribution in [3.05, 3.63) is 82.0 Å². The highest BCUT2D eigenvalue weighted by molar-refractivity contribution is 5.77. The lowest BCUT2D eigenvalue weighted by Gasteiger charge is -2.18. The van der Waals surface area contributed by atoms with E-state index in [1.807, 2.05) is 0 Å². The van der Waals surface area contributed by atoms with Crippen molar-refractivity contribution in [3.8, 4) is 17.4 Å². The maximum atomic E-state index is 13.2. The zero-order chi connectivity index (χ0) is 23.5. The molecule has 0 aliphatic carbocycles. The summed E-state index contributed by atoms with van der Waals surface area (Å²) in [6, 6.07) is 11.2. The largest absolute Gasteiger partial charge is 0.504 e. The Hall–Kier alpha value is -4.34. The number of nitrogens with zero attached hydrogens (tertiary/aromatic N) is 4. The summed E-state index contributed by atoms with van der Waals surface area (Å²) in [4.78, 5) is 30.1. The van der Waals surface area contributed by atoms with Crippen LogP contribution in [0.2, 0.25) is 0 Å². The maximum Gasteiger partial charge on any atom is 0.265 e. The topological polar surface area (TPSA) is 142 Å². The van der Waals surface area contributed by atoms with Gasteiger partial charge in [0.2, 0.25) is 11.8 Å². The molecule has 10 nitrogen and oxygen atoms in total. The third kappa shape index (κ3) is 4.49. The number of aromatic nitrogens is 4. The Kier molecular flexibility index (Phi) is 5.99. The Morgan fingerprint density at radius 2 is 1.94 bits per heavy atom. The van der Waals surface area contributed by atoms with Gasteiger partial charge in [-0.05, 0) is 42.3 Å². The highest BCUT2D eigenvalue weighted by atomic mass is 16.3. The lowest BCUT2D eigenvalue weighted by atomic mass is 9.93. The molecule has 4 aromatic rings. The van der Waals surface area contributed by atoms with E-state index in [4.69, 9.17) is 0 Å². The molecule has 0 aliphatic heterocycles. The zero-order valence-electron chi connectivity index (χ0n) is 17.8. The van der Waals surface area contributed by atoms with Gasteiger partial charge in [-0.3, -0.25) is 18.7 Å². The van der Waals surface area contributed by atoms with Gasteiger partial charge in [0.15, 0.2) is 11.5 Å². The smallest absolute Gasteiger partial charge is 0.265 e. The Bertz CT molecular complexity index is 1380. The minimum atomic E-state index is -0.771. The minimum absolute atomic E-state index is 0.0147. The van der Waals surface area contributed by atoms with Crippen molar-refractivity contribution in [1.29, 1.82) is 0 Å². The first-order chi connectivity index (χ1) is 15.8. The number of hydrogen-bond donors (Lipinski definition) is 4. The predicted octanol–water partition coefficient (Wildman–Crippen LogP) is 1.43. The third-order valence-electron chi connectivity index (χ3n) is 5.48. The Balaban J connectivity index is 1.58. The molecule has 1 amide bonds. The van der Waals surface area contributed by atoms with E-state index in [0.29, 0.717) is 17.8 Å². The average molecular weight is 449 g/mol. The van der Waals surface area contributed by atoms with Crippen LogP contribution in [0.1, 0.15) is 29.2 Å². The Labute approximate surface area is 188 Å². The molecule has 0 radical (unpaired) electrons. The molecule has 4 N–H and O–H groups in total. The second-order valence-electron chi connectivity index (χ2n) is 7.64. The first-order valence-electron chi connectivity index (χ1n) is 10.3. The van der Waals surface area contributed by atoms with Crippen molar-refractivity contribution < 1.29 is 20.1 Å². The summed E-state index contributed by atoms with van der Waals surface area (Å²) in [5.41, 5.74) is 1.17. The fourth-order valence-electron chi connectivity index (χ4n) is 3.80. The molecule has 170 valence electrons. The zero-order valence-corrected chi connectivity index (χ0v) is 17.8. The highest BCUT2D eigenvalue weighted by Gasteiger charge is 2.28. The summed E-state index contributed by atoms with van der Waals surface area (Å²) < 4.78 is 2.88. The molecule has 1 aromatic carbocycles. The minimum Gasteiger partial charge on any atom is -0.504 e. The lowest BCUT2D eigenvalue weighted by Crippen LogP contribution is -2.30. The number of aromatic hydroxyl groups is 3. The van der Waals surface area contributed by atoms with Crippen molar-refractivity contribution in [1.82, 2.24) is 24.5 Å². The molecule has 10 heteroatoms. The molecule has 0 bridgehead atoms. The summed E-state index contributed by atoms with van der Waals surface area (Å²) in [6.07, 6.45) is 3.44. The standard InChI is InChI=1S/C23H23N5O5/c1-27-16(8-10-25-27)15(21-22(32)26-19-4-2-3-11-28(19)23(21)33)13-20(31)24-9-7-14-5-6-17(29)18(30)12-14/h2-6,8,10-12,15,29-30,32H,7,9,13H2,1H3,(H,24,31)/t15-/m0/s1. The number of benzene rings is 1. The number of hydrogen-bond acceptors (Lipinski definition) is 7. The number of phenolic OH excluding ortho intramolecular Hbond substituents is 2. The van der Waals surface area contributed by atoms with E-state index in [1.165, 1.54) is 16.5 Å². The van der Waals surface area contributed by atoms with Crippen molar-refractivity contribution in [2.75, 3.05) is 6.54 Å². The van der Waals surface area contributed by atoms with E-state index in [0.717, 1.165) is 5.56 Å². The quantitative estimate of drug-likeness (QED) is 0.313. The molecule has 1 atom stereocenters. The Morgan fingerprint density at radius 3 is 2.67 bits per heavy atom. The van der Waals surface area contributed by atoms with E-state index in [1.54, 1.807) is 54.5 Å². The van der Waals surface area contributed by atoms with Crippen LogP contribution >= 0.6 is 0 Å². The first-order valence-corrected chi connectivity index (χ1v) is 10.3. The fourth-order valence-corrected chi connectivity index (χ4v) is 3.80. The maximum absolute atomic E-state index is 13.2. The van der Waals surface area contributed by atoms with Gasteiger partial charge < -0.3 is 20.6 Å². The molecule has 0 fully saturated rings. The van der Waals surface area contributed by atoms with Crippen molar-refractivity contribution in [2.24, 2.45) is 7.05 Å². The normalized spacial score (nSPS) is 12.0. The first kappa shape index (κ1) is 21.9. The molecule has 0 aliphatic rings. The summed E-state index contributed by atoms with van der Waals surface area (Å²) in [5.74, 6) is -1.97. The second kappa shape index (κ2) is 9.03. The van der Waals surface area contributed by atoms with Crippen LogP contribution in [0.5, 0.6) is 17.4 Å². The molecule has 0 saturated carbocycles. The number of carbonyl (C=O) groups is 1. The van der Waals surface area contributed by atoms with Gasteiger partial charge in [0, 0.05) is 44.0 Å². The summed E-state index contributed by atoms with van der Waals surface area (Å²) in [5, 5.41) is 36.6. The van der Waals surface area contributed by atoms with Gasteiger partial charge in [0.05, 0.1) is 5.56 Å². The predicted molar refractivity (Wildman–Crippen MR) is 119 cm³/mol. The van der Waals surface area contributed by atoms with Gasteiger partial charge in [-0.15, -0.1) is 0 Å². The van der Waals surface area contributed by atoms with E-state index >= 15 is 0 Å². The summed E-state index contributed by atoms with van der Waals surface area (Å²) >= 11 is 0. The number of amides is 1. The van der Waals surface area contributed by atoms with Crippen LogP contribution in [-0.4, -0.2) is 46.9 Å². The molecule has 0 spiro atoms. The number of phenols is 2. The van der Waals surface area contributed by atoms with Crippen molar-refractivity contribution in [3.63, 3.8) is 0 Å². The van der Waals surface area contributed by atoms with Crippen LogP contribution in [0.3, 0.4) is 0 Å². The summed E-state index contributed by atoms with van der Waals surface area (Å²) in [6.45, 7) is 0.280. The molecule has 3 heterocycles. The van der Waals surface area contributed by atoms with Crippen molar-refractivity contribution >= 4 is 11.6 Å². The molecule has 0 unspecified atom stereocenters. The average Bonchev–Trinajstić information content (AvgIpc) is 3.21. The molecular weight excluding hydrogens is 426 g/mol. The third-order valence-corrected chi connectivity index (χ3v) is 5.48. The van der Waals surface area contributed by atoms with Gasteiger partial charge in [-0.25, -0.2) is 0 Å². The lowest BCUT2D eigenvalue weighted by molar-refractivity contribution is -0.121. The molecule has 3 aromatic heterocycles. The van der Waals surface area contributed by atoms with Crippen LogP contribution in [-0.2, 0) is 18.3 Å². The summed E-state index contributed by atoms with van der Waals surface area (Å²) in [7, 11) is 1.70. The van der Waals surface area contributed by atoms with Crippen LogP contribution < -0.4 is 10.9 Å². The number of aryl methyl sites for hydroxylation is 1. The number of pyridine rings is 1. The van der Waals surface area contributed by atoms with Crippen LogP contribution in [0.15, 0.2) is 59.7 Å². The van der Waals surface area contributed by atoms with Gasteiger partial charge >= 0.3 is 0 Å². The van der Waals surface area contributed by atoms with E-state index in [-0.39, 0.29) is 35.9 Å². The van der Waals surface area contributed by atoms with Crippen LogP contribution in [0, 0.1) is 0 Å². The number of carbonyl (C=O) groups excluding carboxylic acids is 1. The highest BCUT2D eigenvalue weighted by Crippen LogP contribution is 2.30. The number of rotatable bonds is 7. The monoisotopic (exact) mass is 449 g/mol. The fraction of sp³-hybridized carbons (Fsp3) is 0.217. The van der Waals surface area contributed by atoms with Crippen LogP contribution in [0.25, 0.3) is 5.65 Å². The van der Waals surface area contributed by atoms with Crippen LogP contribution in [0.4, 0.5) is 0 Å². The van der Waals surface area contributed by atoms with Crippen molar-refractivity contribution in [2.45, 2.75) is 18.8 Å². The molecule has 0 saturated heterocycles. The molecule has 33 heavy (non-hydrogen) atoms. The van der Waals surface area contributed by atoms with Gasteiger partial charge in [-0.2, -0.15) is 10.1 Å². The Morgan fingerprint density at radius 1 is 1.12 bits per heavy atom. The molecule has 4 rings (SSSR count). The van der Waals surface area contributed by atoms with Gasteiger partial charge in [0.1, 0.15) is 5.65 Å².